The zero-order chi connectivity index (χ0) is 22.7. The van der Waals surface area contributed by atoms with E-state index in [9.17, 15) is 0 Å². The molecule has 0 saturated carbocycles. The van der Waals surface area contributed by atoms with Crippen molar-refractivity contribution >= 4 is 27.3 Å². The van der Waals surface area contributed by atoms with Crippen molar-refractivity contribution in [3.63, 3.8) is 0 Å². The van der Waals surface area contributed by atoms with Crippen LogP contribution in [-0.2, 0) is 7.05 Å². The van der Waals surface area contributed by atoms with E-state index < -0.39 is 0 Å². The van der Waals surface area contributed by atoms with Gasteiger partial charge in [-0.25, -0.2) is 4.57 Å². The first-order valence-corrected chi connectivity index (χ1v) is 11.8. The molecule has 3 aromatic carbocycles. The number of benzene rings is 3. The predicted molar refractivity (Wildman–Crippen MR) is 137 cm³/mol. The van der Waals surface area contributed by atoms with E-state index >= 15 is 0 Å². The Morgan fingerprint density at radius 1 is 0.781 bits per heavy atom. The molecule has 5 rings (SSSR count). The highest BCUT2D eigenvalue weighted by molar-refractivity contribution is 6.13. The normalized spacial score (nSPS) is 12.2. The minimum Gasteiger partial charge on any atom is -0.232 e. The lowest BCUT2D eigenvalue weighted by Gasteiger charge is -2.18. The molecule has 0 amide bonds. The average Bonchev–Trinajstić information content (AvgIpc) is 3.10. The highest BCUT2D eigenvalue weighted by Crippen LogP contribution is 2.39. The van der Waals surface area contributed by atoms with Gasteiger partial charge < -0.3 is 0 Å². The Kier molecular flexibility index (Phi) is 4.85. The van der Waals surface area contributed by atoms with Crippen molar-refractivity contribution in [1.29, 1.82) is 0 Å². The second-order valence-electron chi connectivity index (χ2n) is 9.92. The number of hydrogen-bond donors (Lipinski definition) is 0. The fourth-order valence-electron chi connectivity index (χ4n) is 5.38. The van der Waals surface area contributed by atoms with Gasteiger partial charge >= 0.3 is 0 Å². The van der Waals surface area contributed by atoms with Crippen LogP contribution >= 0.6 is 0 Å². The quantitative estimate of drug-likeness (QED) is 0.209. The molecule has 0 aliphatic heterocycles. The molecule has 162 valence electrons. The molecular formula is C30H33N2+. The largest absolute Gasteiger partial charge is 0.295 e. The third kappa shape index (κ3) is 2.97. The summed E-state index contributed by atoms with van der Waals surface area (Å²) in [5.74, 6) is 0.908. The van der Waals surface area contributed by atoms with Gasteiger partial charge in [0.1, 0.15) is 11.7 Å². The van der Waals surface area contributed by atoms with E-state index in [1.165, 1.54) is 60.8 Å². The topological polar surface area (TPSA) is 8.29 Å². The molecule has 0 radical (unpaired) electrons. The summed E-state index contributed by atoms with van der Waals surface area (Å²) in [5, 5.41) is 3.99. The first-order valence-electron chi connectivity index (χ1n) is 11.8. The number of hydrogen-bond acceptors (Lipinski definition) is 0. The van der Waals surface area contributed by atoms with Crippen molar-refractivity contribution in [3.05, 3.63) is 83.0 Å². The molecule has 0 atom stereocenters. The second kappa shape index (κ2) is 7.48. The summed E-state index contributed by atoms with van der Waals surface area (Å²) in [6, 6.07) is 20.4. The molecular weight excluding hydrogens is 388 g/mol. The van der Waals surface area contributed by atoms with E-state index in [2.05, 4.69) is 118 Å². The summed E-state index contributed by atoms with van der Waals surface area (Å²) in [5.41, 5.74) is 10.7. The Morgan fingerprint density at radius 3 is 2.09 bits per heavy atom. The SMILES string of the molecule is Cc1ccc2c(c1)c1cccc(C)c1c1n2c(-c2c(C(C)C)cccc2C(C)C)c[n+]1C. The maximum Gasteiger partial charge on any atom is 0.295 e. The van der Waals surface area contributed by atoms with Crippen LogP contribution < -0.4 is 4.57 Å². The first kappa shape index (κ1) is 20.8. The second-order valence-corrected chi connectivity index (χ2v) is 9.92. The van der Waals surface area contributed by atoms with Crippen LogP contribution in [0.5, 0.6) is 0 Å². The van der Waals surface area contributed by atoms with Crippen LogP contribution in [0, 0.1) is 13.8 Å². The molecule has 0 fully saturated rings. The third-order valence-corrected chi connectivity index (χ3v) is 6.91. The van der Waals surface area contributed by atoms with Crippen molar-refractivity contribution in [2.75, 3.05) is 0 Å². The van der Waals surface area contributed by atoms with E-state index in [-0.39, 0.29) is 0 Å². The van der Waals surface area contributed by atoms with E-state index in [1.807, 2.05) is 0 Å². The maximum atomic E-state index is 2.51. The molecule has 0 unspecified atom stereocenters. The molecule has 0 spiro atoms. The molecule has 5 aromatic rings. The number of aromatic nitrogens is 2. The van der Waals surface area contributed by atoms with Crippen LogP contribution in [0.1, 0.15) is 61.8 Å². The van der Waals surface area contributed by atoms with Gasteiger partial charge in [0.2, 0.25) is 0 Å². The van der Waals surface area contributed by atoms with Gasteiger partial charge in [-0.3, -0.25) is 0 Å². The standard InChI is InChI=1S/C30H33N2/c1-18(2)22-11-9-12-23(19(3)4)29(22)27-17-31(7)30-28-21(6)10-8-13-24(28)25-16-20(5)14-15-26(25)32(27)30/h8-19H,1-7H3/q+1. The molecule has 0 saturated heterocycles. The van der Waals surface area contributed by atoms with E-state index in [4.69, 9.17) is 0 Å². The van der Waals surface area contributed by atoms with Crippen LogP contribution in [0.25, 0.3) is 38.6 Å². The molecule has 32 heavy (non-hydrogen) atoms. The Labute approximate surface area is 191 Å². The van der Waals surface area contributed by atoms with Gasteiger partial charge in [-0.1, -0.05) is 75.7 Å². The van der Waals surface area contributed by atoms with E-state index in [1.54, 1.807) is 0 Å². The smallest absolute Gasteiger partial charge is 0.232 e. The van der Waals surface area contributed by atoms with Gasteiger partial charge in [-0.2, -0.15) is 4.40 Å². The van der Waals surface area contributed by atoms with Crippen LogP contribution in [0.2, 0.25) is 0 Å². The van der Waals surface area contributed by atoms with Crippen LogP contribution in [0.4, 0.5) is 0 Å². The Balaban J connectivity index is 2.08. The van der Waals surface area contributed by atoms with Crippen molar-refractivity contribution < 1.29 is 4.57 Å². The Bertz CT molecular complexity index is 1470. The van der Waals surface area contributed by atoms with E-state index in [0.717, 1.165) is 0 Å². The third-order valence-electron chi connectivity index (χ3n) is 6.91. The van der Waals surface area contributed by atoms with Crippen molar-refractivity contribution in [2.24, 2.45) is 7.05 Å². The van der Waals surface area contributed by atoms with Gasteiger partial charge in [0.25, 0.3) is 5.65 Å². The lowest BCUT2D eigenvalue weighted by atomic mass is 9.87. The number of imidazole rings is 1. The number of rotatable bonds is 3. The van der Waals surface area contributed by atoms with Crippen molar-refractivity contribution in [3.8, 4) is 11.3 Å². The number of fused-ring (bicyclic) bond motifs is 6. The van der Waals surface area contributed by atoms with Gasteiger partial charge in [-0.05, 0) is 54.5 Å². The van der Waals surface area contributed by atoms with Crippen molar-refractivity contribution in [2.45, 2.75) is 53.4 Å². The minimum atomic E-state index is 0.454. The zero-order valence-corrected chi connectivity index (χ0v) is 20.3. The Morgan fingerprint density at radius 2 is 1.44 bits per heavy atom. The van der Waals surface area contributed by atoms with Crippen LogP contribution in [0.3, 0.4) is 0 Å². The highest BCUT2D eigenvalue weighted by Gasteiger charge is 2.28. The number of pyridine rings is 1. The molecule has 0 bridgehead atoms. The molecule has 0 N–H and O–H groups in total. The Hall–Kier alpha value is -3.13. The molecule has 2 heteroatoms. The lowest BCUT2D eigenvalue weighted by molar-refractivity contribution is -0.643. The van der Waals surface area contributed by atoms with E-state index in [0.29, 0.717) is 11.8 Å². The fourth-order valence-corrected chi connectivity index (χ4v) is 5.38. The molecule has 2 heterocycles. The zero-order valence-electron chi connectivity index (χ0n) is 20.3. The number of nitrogens with zero attached hydrogens (tertiary/aromatic N) is 2. The van der Waals surface area contributed by atoms with Crippen LogP contribution in [0.15, 0.2) is 60.8 Å². The molecule has 2 aromatic heterocycles. The molecule has 0 aliphatic carbocycles. The maximum absolute atomic E-state index is 2.51. The average molecular weight is 422 g/mol. The van der Waals surface area contributed by atoms with Crippen LogP contribution in [-0.4, -0.2) is 4.40 Å². The lowest BCUT2D eigenvalue weighted by Crippen LogP contribution is -2.26. The summed E-state index contributed by atoms with van der Waals surface area (Å²) < 4.78 is 4.84. The number of aryl methyl sites for hydroxylation is 3. The van der Waals surface area contributed by atoms with Gasteiger partial charge in [0, 0.05) is 16.3 Å². The molecule has 2 nitrogen and oxygen atoms in total. The van der Waals surface area contributed by atoms with Gasteiger partial charge in [0.05, 0.1) is 12.4 Å². The summed E-state index contributed by atoms with van der Waals surface area (Å²) in [4.78, 5) is 0. The summed E-state index contributed by atoms with van der Waals surface area (Å²) in [6.45, 7) is 13.6. The highest BCUT2D eigenvalue weighted by atomic mass is 15.1. The summed E-state index contributed by atoms with van der Waals surface area (Å²) >= 11 is 0. The van der Waals surface area contributed by atoms with Crippen molar-refractivity contribution in [1.82, 2.24) is 4.40 Å². The van der Waals surface area contributed by atoms with Gasteiger partial charge in [0.15, 0.2) is 5.69 Å². The molecule has 0 aliphatic rings. The first-order chi connectivity index (χ1) is 15.3. The predicted octanol–water partition coefficient (Wildman–Crippen LogP) is 7.60. The monoisotopic (exact) mass is 421 g/mol. The minimum absolute atomic E-state index is 0.454. The fraction of sp³-hybridized carbons (Fsp3) is 0.300. The van der Waals surface area contributed by atoms with Gasteiger partial charge in [-0.15, -0.1) is 0 Å². The summed E-state index contributed by atoms with van der Waals surface area (Å²) in [6.07, 6.45) is 2.34. The summed E-state index contributed by atoms with van der Waals surface area (Å²) in [7, 11) is 2.19.